The molecule has 16 heavy (non-hydrogen) atoms. The molecule has 1 heterocycles. The molecule has 1 aromatic rings. The van der Waals surface area contributed by atoms with Gasteiger partial charge in [0.05, 0.1) is 0 Å². The van der Waals surface area contributed by atoms with Gasteiger partial charge in [-0.3, -0.25) is 0 Å². The predicted molar refractivity (Wildman–Crippen MR) is 70.8 cm³/mol. The third-order valence-corrected chi connectivity index (χ3v) is 3.78. The van der Waals surface area contributed by atoms with Crippen molar-refractivity contribution in [3.63, 3.8) is 0 Å². The predicted octanol–water partition coefficient (Wildman–Crippen LogP) is 3.20. The highest BCUT2D eigenvalue weighted by Gasteiger charge is 2.19. The van der Waals surface area contributed by atoms with Gasteiger partial charge < -0.3 is 10.6 Å². The fraction of sp³-hybridized carbons (Fsp3) is 0.571. The van der Waals surface area contributed by atoms with Gasteiger partial charge in [0.15, 0.2) is 0 Å². The summed E-state index contributed by atoms with van der Waals surface area (Å²) in [5, 5.41) is 0. The molecule has 1 aliphatic heterocycles. The fourth-order valence-corrected chi connectivity index (χ4v) is 2.60. The summed E-state index contributed by atoms with van der Waals surface area (Å²) in [4.78, 5) is 2.50. The molecular formula is C14H22N2. The Kier molecular flexibility index (Phi) is 3.37. The highest BCUT2D eigenvalue weighted by molar-refractivity contribution is 5.64. The van der Waals surface area contributed by atoms with Gasteiger partial charge in [-0.1, -0.05) is 19.4 Å². The summed E-state index contributed by atoms with van der Waals surface area (Å²) >= 11 is 0. The lowest BCUT2D eigenvalue weighted by molar-refractivity contribution is 0.404. The molecule has 2 heteroatoms. The highest BCUT2D eigenvalue weighted by atomic mass is 15.1. The van der Waals surface area contributed by atoms with Gasteiger partial charge in [0.25, 0.3) is 0 Å². The Morgan fingerprint density at radius 2 is 2.25 bits per heavy atom. The normalized spacial score (nSPS) is 21.1. The minimum Gasteiger partial charge on any atom is -0.398 e. The summed E-state index contributed by atoms with van der Waals surface area (Å²) in [7, 11) is 0. The van der Waals surface area contributed by atoms with Crippen molar-refractivity contribution in [3.05, 3.63) is 23.8 Å². The Morgan fingerprint density at radius 1 is 1.44 bits per heavy atom. The van der Waals surface area contributed by atoms with E-state index < -0.39 is 0 Å². The molecule has 1 fully saturated rings. The quantitative estimate of drug-likeness (QED) is 0.772. The standard InChI is InChI=1S/C14H22N2/c1-3-12-6-5-9-16(10-12)14-8-4-7-13(15)11(14)2/h4,7-8,12H,3,5-6,9-10,15H2,1-2H3. The molecule has 0 aromatic heterocycles. The van der Waals surface area contributed by atoms with Gasteiger partial charge in [-0.2, -0.15) is 0 Å². The highest BCUT2D eigenvalue weighted by Crippen LogP contribution is 2.29. The van der Waals surface area contributed by atoms with E-state index in [0.717, 1.165) is 11.6 Å². The molecular weight excluding hydrogens is 196 g/mol. The molecule has 2 nitrogen and oxygen atoms in total. The van der Waals surface area contributed by atoms with Crippen LogP contribution >= 0.6 is 0 Å². The van der Waals surface area contributed by atoms with Crippen molar-refractivity contribution in [3.8, 4) is 0 Å². The number of anilines is 2. The number of nitrogen functional groups attached to an aromatic ring is 1. The zero-order chi connectivity index (χ0) is 11.5. The van der Waals surface area contributed by atoms with Crippen LogP contribution in [0.15, 0.2) is 18.2 Å². The number of rotatable bonds is 2. The number of hydrogen-bond donors (Lipinski definition) is 1. The average Bonchev–Trinajstić information content (AvgIpc) is 2.33. The summed E-state index contributed by atoms with van der Waals surface area (Å²) in [5.74, 6) is 0.856. The Balaban J connectivity index is 2.20. The number of hydrogen-bond acceptors (Lipinski definition) is 2. The van der Waals surface area contributed by atoms with Gasteiger partial charge in [0, 0.05) is 24.5 Å². The SMILES string of the molecule is CCC1CCCN(c2cccc(N)c2C)C1. The molecule has 2 N–H and O–H groups in total. The lowest BCUT2D eigenvalue weighted by atomic mass is 9.94. The topological polar surface area (TPSA) is 29.3 Å². The maximum absolute atomic E-state index is 5.97. The molecule has 1 unspecified atom stereocenters. The summed E-state index contributed by atoms with van der Waals surface area (Å²) in [5.41, 5.74) is 9.45. The minimum absolute atomic E-state index is 0.856. The summed E-state index contributed by atoms with van der Waals surface area (Å²) in [6, 6.07) is 6.25. The van der Waals surface area contributed by atoms with E-state index in [2.05, 4.69) is 30.9 Å². The smallest absolute Gasteiger partial charge is 0.0416 e. The van der Waals surface area contributed by atoms with Crippen LogP contribution in [0.1, 0.15) is 31.7 Å². The van der Waals surface area contributed by atoms with Crippen LogP contribution in [0.2, 0.25) is 0 Å². The maximum Gasteiger partial charge on any atom is 0.0416 e. The number of nitrogens with two attached hydrogens (primary N) is 1. The van der Waals surface area contributed by atoms with Crippen LogP contribution in [-0.2, 0) is 0 Å². The molecule has 0 spiro atoms. The van der Waals surface area contributed by atoms with Crippen molar-refractivity contribution in [2.45, 2.75) is 33.1 Å². The van der Waals surface area contributed by atoms with E-state index in [4.69, 9.17) is 5.73 Å². The van der Waals surface area contributed by atoms with Crippen LogP contribution in [0, 0.1) is 12.8 Å². The lowest BCUT2D eigenvalue weighted by Crippen LogP contribution is -2.35. The first-order valence-corrected chi connectivity index (χ1v) is 6.32. The molecule has 1 atom stereocenters. The molecule has 0 amide bonds. The first kappa shape index (κ1) is 11.3. The Hall–Kier alpha value is -1.18. The second kappa shape index (κ2) is 4.77. The van der Waals surface area contributed by atoms with E-state index in [0.29, 0.717) is 0 Å². The van der Waals surface area contributed by atoms with E-state index in [1.165, 1.54) is 43.6 Å². The number of nitrogens with zero attached hydrogens (tertiary/aromatic N) is 1. The second-order valence-electron chi connectivity index (χ2n) is 4.85. The minimum atomic E-state index is 0.856. The molecule has 88 valence electrons. The molecule has 1 saturated heterocycles. The van der Waals surface area contributed by atoms with Crippen molar-refractivity contribution in [2.75, 3.05) is 23.7 Å². The molecule has 0 saturated carbocycles. The van der Waals surface area contributed by atoms with Gasteiger partial charge in [-0.15, -0.1) is 0 Å². The van der Waals surface area contributed by atoms with Crippen LogP contribution in [0.4, 0.5) is 11.4 Å². The van der Waals surface area contributed by atoms with Gasteiger partial charge in [-0.25, -0.2) is 0 Å². The molecule has 0 aliphatic carbocycles. The van der Waals surface area contributed by atoms with E-state index in [1.807, 2.05) is 6.07 Å². The van der Waals surface area contributed by atoms with Gasteiger partial charge >= 0.3 is 0 Å². The third kappa shape index (κ3) is 2.16. The van der Waals surface area contributed by atoms with E-state index in [9.17, 15) is 0 Å². The Bertz CT molecular complexity index is 360. The Labute approximate surface area is 98.4 Å². The van der Waals surface area contributed by atoms with E-state index in [-0.39, 0.29) is 0 Å². The largest absolute Gasteiger partial charge is 0.398 e. The van der Waals surface area contributed by atoms with E-state index >= 15 is 0 Å². The number of benzene rings is 1. The molecule has 0 radical (unpaired) electrons. The van der Waals surface area contributed by atoms with Gasteiger partial charge in [0.1, 0.15) is 0 Å². The average molecular weight is 218 g/mol. The van der Waals surface area contributed by atoms with Crippen molar-refractivity contribution < 1.29 is 0 Å². The molecule has 1 aliphatic rings. The summed E-state index contributed by atoms with van der Waals surface area (Å²) in [6.07, 6.45) is 3.99. The van der Waals surface area contributed by atoms with Crippen LogP contribution in [0.25, 0.3) is 0 Å². The van der Waals surface area contributed by atoms with Crippen molar-refractivity contribution in [2.24, 2.45) is 5.92 Å². The van der Waals surface area contributed by atoms with Crippen molar-refractivity contribution in [1.82, 2.24) is 0 Å². The third-order valence-electron chi connectivity index (χ3n) is 3.78. The van der Waals surface area contributed by atoms with E-state index in [1.54, 1.807) is 0 Å². The molecule has 1 aromatic carbocycles. The first-order valence-electron chi connectivity index (χ1n) is 6.32. The summed E-state index contributed by atoms with van der Waals surface area (Å²) in [6.45, 7) is 6.79. The van der Waals surface area contributed by atoms with Gasteiger partial charge in [-0.05, 0) is 43.4 Å². The van der Waals surface area contributed by atoms with Crippen LogP contribution in [0.3, 0.4) is 0 Å². The zero-order valence-corrected chi connectivity index (χ0v) is 10.4. The van der Waals surface area contributed by atoms with Crippen LogP contribution < -0.4 is 10.6 Å². The van der Waals surface area contributed by atoms with Crippen molar-refractivity contribution >= 4 is 11.4 Å². The van der Waals surface area contributed by atoms with Crippen molar-refractivity contribution in [1.29, 1.82) is 0 Å². The summed E-state index contributed by atoms with van der Waals surface area (Å²) < 4.78 is 0. The fourth-order valence-electron chi connectivity index (χ4n) is 2.60. The van der Waals surface area contributed by atoms with Crippen LogP contribution in [-0.4, -0.2) is 13.1 Å². The van der Waals surface area contributed by atoms with Gasteiger partial charge in [0.2, 0.25) is 0 Å². The monoisotopic (exact) mass is 218 g/mol. The van der Waals surface area contributed by atoms with Crippen LogP contribution in [0.5, 0.6) is 0 Å². The number of piperidine rings is 1. The Morgan fingerprint density at radius 3 is 3.00 bits per heavy atom. The maximum atomic E-state index is 5.97. The lowest BCUT2D eigenvalue weighted by Gasteiger charge is -2.35. The zero-order valence-electron chi connectivity index (χ0n) is 10.4. The molecule has 0 bridgehead atoms. The first-order chi connectivity index (χ1) is 7.72. The second-order valence-corrected chi connectivity index (χ2v) is 4.85. The molecule has 2 rings (SSSR count).